The summed E-state index contributed by atoms with van der Waals surface area (Å²) in [5, 5.41) is 17.2. The lowest BCUT2D eigenvalue weighted by molar-refractivity contribution is 0.339. The monoisotopic (exact) mass is 295 g/mol. The van der Waals surface area contributed by atoms with Crippen LogP contribution in [-0.2, 0) is 0 Å². The van der Waals surface area contributed by atoms with Gasteiger partial charge in [-0.1, -0.05) is 46.7 Å². The molecule has 6 heteroatoms. The number of aromatic hydroxyl groups is 1. The maximum Gasteiger partial charge on any atom is 0.176 e. The van der Waals surface area contributed by atoms with E-state index < -0.39 is 0 Å². The van der Waals surface area contributed by atoms with Crippen molar-refractivity contribution in [1.29, 1.82) is 0 Å². The first-order chi connectivity index (χ1) is 10.7. The lowest BCUT2D eigenvalue weighted by Gasteiger charge is -2.05. The molecule has 0 bridgehead atoms. The van der Waals surface area contributed by atoms with E-state index in [0.29, 0.717) is 17.0 Å². The summed E-state index contributed by atoms with van der Waals surface area (Å²) in [6.45, 7) is 0. The molecule has 0 fully saturated rings. The van der Waals surface area contributed by atoms with Crippen molar-refractivity contribution in [2.75, 3.05) is 5.73 Å². The van der Waals surface area contributed by atoms with Crippen LogP contribution < -0.4 is 10.6 Å². The number of benzene rings is 2. The van der Waals surface area contributed by atoms with Gasteiger partial charge in [-0.3, -0.25) is 0 Å². The Hall–Kier alpha value is -3.28. The number of phenolic OH excluding ortho intramolecular Hbond substituents is 1. The van der Waals surface area contributed by atoms with Crippen molar-refractivity contribution in [2.24, 2.45) is 5.16 Å². The molecular weight excluding hydrogens is 282 g/mol. The Balaban J connectivity index is 1.99. The Morgan fingerprint density at radius 3 is 2.64 bits per heavy atom. The molecule has 1 heterocycles. The predicted molar refractivity (Wildman–Crippen MR) is 81.7 cm³/mol. The number of anilines is 1. The van der Waals surface area contributed by atoms with E-state index in [-0.39, 0.29) is 11.6 Å². The van der Waals surface area contributed by atoms with Gasteiger partial charge in [0.15, 0.2) is 11.6 Å². The zero-order chi connectivity index (χ0) is 15.4. The van der Waals surface area contributed by atoms with Crippen LogP contribution in [0.2, 0.25) is 0 Å². The van der Waals surface area contributed by atoms with Gasteiger partial charge in [0.1, 0.15) is 17.7 Å². The van der Waals surface area contributed by atoms with E-state index in [4.69, 9.17) is 15.1 Å². The molecule has 0 aliphatic carbocycles. The van der Waals surface area contributed by atoms with Crippen molar-refractivity contribution in [3.05, 3.63) is 72.0 Å². The number of aromatic nitrogens is 1. The molecule has 3 N–H and O–H groups in total. The highest BCUT2D eigenvalue weighted by Gasteiger charge is 2.15. The summed E-state index contributed by atoms with van der Waals surface area (Å²) in [5.41, 5.74) is 7.62. The standard InChI is InChI=1S/C16H13N3O3/c17-16-14(10-21-19-16)15(11-5-2-1-3-6-11)18-22-13-8-4-7-12(20)9-13/h1-10,20H,(H2,17,19)/b18-15-. The average molecular weight is 295 g/mol. The second kappa shape index (κ2) is 6.01. The number of nitrogens with zero attached hydrogens (tertiary/aromatic N) is 2. The minimum Gasteiger partial charge on any atom is -0.508 e. The third kappa shape index (κ3) is 2.90. The van der Waals surface area contributed by atoms with Crippen LogP contribution in [0.15, 0.2) is 70.5 Å². The molecule has 0 aliphatic rings. The smallest absolute Gasteiger partial charge is 0.176 e. The normalized spacial score (nSPS) is 11.4. The fourth-order valence-electron chi connectivity index (χ4n) is 1.91. The molecule has 3 aromatic rings. The first kappa shape index (κ1) is 13.7. The van der Waals surface area contributed by atoms with Crippen molar-refractivity contribution in [1.82, 2.24) is 5.16 Å². The molecule has 1 aromatic heterocycles. The van der Waals surface area contributed by atoms with Gasteiger partial charge < -0.3 is 20.2 Å². The van der Waals surface area contributed by atoms with Gasteiger partial charge in [-0.25, -0.2) is 0 Å². The summed E-state index contributed by atoms with van der Waals surface area (Å²) in [4.78, 5) is 5.39. The summed E-state index contributed by atoms with van der Waals surface area (Å²) >= 11 is 0. The average Bonchev–Trinajstić information content (AvgIpc) is 2.95. The molecule has 0 spiro atoms. The van der Waals surface area contributed by atoms with Crippen LogP contribution >= 0.6 is 0 Å². The molecule has 0 unspecified atom stereocenters. The molecule has 0 aliphatic heterocycles. The van der Waals surface area contributed by atoms with Crippen LogP contribution in [0, 0.1) is 0 Å². The van der Waals surface area contributed by atoms with Crippen LogP contribution in [0.4, 0.5) is 5.82 Å². The SMILES string of the molecule is Nc1nocc1/C(=N\Oc1cccc(O)c1)c1ccccc1. The minimum atomic E-state index is 0.0958. The van der Waals surface area contributed by atoms with Crippen LogP contribution in [0.3, 0.4) is 0 Å². The molecule has 110 valence electrons. The van der Waals surface area contributed by atoms with E-state index in [1.807, 2.05) is 30.3 Å². The maximum absolute atomic E-state index is 9.45. The quantitative estimate of drug-likeness (QED) is 0.570. The molecule has 0 radical (unpaired) electrons. The first-order valence-electron chi connectivity index (χ1n) is 6.54. The highest BCUT2D eigenvalue weighted by atomic mass is 16.6. The fourth-order valence-corrected chi connectivity index (χ4v) is 1.91. The summed E-state index contributed by atoms with van der Waals surface area (Å²) in [6.07, 6.45) is 1.41. The summed E-state index contributed by atoms with van der Waals surface area (Å²) in [7, 11) is 0. The predicted octanol–water partition coefficient (Wildman–Crippen LogP) is 2.79. The Morgan fingerprint density at radius 1 is 1.14 bits per heavy atom. The van der Waals surface area contributed by atoms with Crippen molar-refractivity contribution < 1.29 is 14.5 Å². The lowest BCUT2D eigenvalue weighted by atomic mass is 10.1. The van der Waals surface area contributed by atoms with Crippen molar-refractivity contribution in [3.8, 4) is 11.5 Å². The molecule has 0 saturated heterocycles. The molecule has 2 aromatic carbocycles. The number of nitrogens with two attached hydrogens (primary N) is 1. The van der Waals surface area contributed by atoms with Gasteiger partial charge in [-0.15, -0.1) is 0 Å². The molecule has 0 amide bonds. The molecule has 3 rings (SSSR count). The van der Waals surface area contributed by atoms with Crippen LogP contribution in [0.5, 0.6) is 11.5 Å². The first-order valence-corrected chi connectivity index (χ1v) is 6.54. The fraction of sp³-hybridized carbons (Fsp3) is 0. The Bertz CT molecular complexity index is 797. The second-order valence-corrected chi connectivity index (χ2v) is 4.51. The minimum absolute atomic E-state index is 0.0958. The van der Waals surface area contributed by atoms with E-state index in [1.54, 1.807) is 18.2 Å². The van der Waals surface area contributed by atoms with Crippen LogP contribution in [0.25, 0.3) is 0 Å². The zero-order valence-corrected chi connectivity index (χ0v) is 11.5. The number of rotatable bonds is 4. The van der Waals surface area contributed by atoms with E-state index in [2.05, 4.69) is 10.3 Å². The summed E-state index contributed by atoms with van der Waals surface area (Å²) in [5.74, 6) is 0.726. The van der Waals surface area contributed by atoms with Gasteiger partial charge in [0.05, 0.1) is 5.56 Å². The highest BCUT2D eigenvalue weighted by molar-refractivity contribution is 6.14. The largest absolute Gasteiger partial charge is 0.508 e. The Labute approximate surface area is 126 Å². The van der Waals surface area contributed by atoms with Crippen LogP contribution in [-0.4, -0.2) is 16.0 Å². The number of nitrogen functional groups attached to an aromatic ring is 1. The Morgan fingerprint density at radius 2 is 1.95 bits per heavy atom. The van der Waals surface area contributed by atoms with Crippen molar-refractivity contribution >= 4 is 11.5 Å². The number of hydrogen-bond donors (Lipinski definition) is 2. The van der Waals surface area contributed by atoms with Gasteiger partial charge in [0.25, 0.3) is 0 Å². The number of hydrogen-bond acceptors (Lipinski definition) is 6. The van der Waals surface area contributed by atoms with Gasteiger partial charge in [0, 0.05) is 11.6 Å². The molecule has 0 atom stereocenters. The van der Waals surface area contributed by atoms with Gasteiger partial charge in [0.2, 0.25) is 0 Å². The van der Waals surface area contributed by atoms with E-state index in [1.165, 1.54) is 12.3 Å². The second-order valence-electron chi connectivity index (χ2n) is 4.51. The molecule has 0 saturated carbocycles. The van der Waals surface area contributed by atoms with Gasteiger partial charge in [-0.2, -0.15) is 0 Å². The molecular formula is C16H13N3O3. The topological polar surface area (TPSA) is 93.9 Å². The zero-order valence-electron chi connectivity index (χ0n) is 11.5. The highest BCUT2D eigenvalue weighted by Crippen LogP contribution is 2.20. The van der Waals surface area contributed by atoms with Crippen LogP contribution in [0.1, 0.15) is 11.1 Å². The molecule has 6 nitrogen and oxygen atoms in total. The maximum atomic E-state index is 9.45. The number of phenols is 1. The van der Waals surface area contributed by atoms with E-state index >= 15 is 0 Å². The van der Waals surface area contributed by atoms with Gasteiger partial charge >= 0.3 is 0 Å². The van der Waals surface area contributed by atoms with E-state index in [9.17, 15) is 5.11 Å². The van der Waals surface area contributed by atoms with Gasteiger partial charge in [-0.05, 0) is 12.1 Å². The third-order valence-corrected chi connectivity index (χ3v) is 2.96. The van der Waals surface area contributed by atoms with Crippen molar-refractivity contribution in [2.45, 2.75) is 0 Å². The summed E-state index contributed by atoms with van der Waals surface area (Å²) in [6, 6.07) is 15.8. The summed E-state index contributed by atoms with van der Waals surface area (Å²) < 4.78 is 4.87. The lowest BCUT2D eigenvalue weighted by Crippen LogP contribution is -2.07. The van der Waals surface area contributed by atoms with Crippen molar-refractivity contribution in [3.63, 3.8) is 0 Å². The van der Waals surface area contributed by atoms with E-state index in [0.717, 1.165) is 5.56 Å². The Kier molecular flexibility index (Phi) is 3.74. The third-order valence-electron chi connectivity index (χ3n) is 2.96. The molecule has 22 heavy (non-hydrogen) atoms. The number of oxime groups is 1.